The molecule has 1 aromatic heterocycles. The molecule has 0 aliphatic carbocycles. The van der Waals surface area contributed by atoms with Gasteiger partial charge in [-0.3, -0.25) is 4.79 Å². The molecule has 0 N–H and O–H groups in total. The highest BCUT2D eigenvalue weighted by Gasteiger charge is 2.14. The van der Waals surface area contributed by atoms with E-state index in [1.54, 1.807) is 0 Å². The minimum atomic E-state index is -0.736. The van der Waals surface area contributed by atoms with E-state index >= 15 is 0 Å². The van der Waals surface area contributed by atoms with Crippen molar-refractivity contribution in [3.05, 3.63) is 33.0 Å². The fourth-order valence-corrected chi connectivity index (χ4v) is 0.853. The van der Waals surface area contributed by atoms with Gasteiger partial charge in [-0.2, -0.15) is 0 Å². The number of rotatable bonds is 2. The van der Waals surface area contributed by atoms with Gasteiger partial charge in [0.05, 0.1) is 5.02 Å². The van der Waals surface area contributed by atoms with Crippen LogP contribution in [0.2, 0.25) is 5.02 Å². The van der Waals surface area contributed by atoms with Crippen molar-refractivity contribution < 1.29 is 9.72 Å². The Labute approximate surface area is 72.1 Å². The number of hydrogen-bond acceptors (Lipinski definition) is 4. The van der Waals surface area contributed by atoms with Crippen LogP contribution in [-0.4, -0.2) is 16.2 Å². The normalized spacial score (nSPS) is 9.42. The summed E-state index contributed by atoms with van der Waals surface area (Å²) in [5, 5.41) is 10.4. The molecule has 0 radical (unpaired) electrons. The van der Waals surface area contributed by atoms with Crippen LogP contribution in [-0.2, 0) is 0 Å². The van der Waals surface area contributed by atoms with E-state index in [0.717, 1.165) is 6.20 Å². The van der Waals surface area contributed by atoms with Crippen LogP contribution in [0, 0.1) is 10.1 Å². The number of hydrogen-bond donors (Lipinski definition) is 0. The Balaban J connectivity index is 3.29. The number of aldehydes is 1. The zero-order valence-corrected chi connectivity index (χ0v) is 6.49. The van der Waals surface area contributed by atoms with E-state index in [2.05, 4.69) is 4.98 Å². The maximum Gasteiger partial charge on any atom is 0.374 e. The molecule has 0 fully saturated rings. The topological polar surface area (TPSA) is 73.1 Å². The van der Waals surface area contributed by atoms with E-state index in [1.807, 2.05) is 0 Å². The summed E-state index contributed by atoms with van der Waals surface area (Å²) in [5.74, 6) is -0.477. The van der Waals surface area contributed by atoms with Gasteiger partial charge in [-0.25, -0.2) is 0 Å². The molecule has 0 aliphatic heterocycles. The first-order chi connectivity index (χ1) is 5.65. The highest BCUT2D eigenvalue weighted by molar-refractivity contribution is 6.30. The summed E-state index contributed by atoms with van der Waals surface area (Å²) >= 11 is 5.46. The summed E-state index contributed by atoms with van der Waals surface area (Å²) in [7, 11) is 0. The lowest BCUT2D eigenvalue weighted by Gasteiger charge is -1.93. The van der Waals surface area contributed by atoms with E-state index in [0.29, 0.717) is 6.29 Å². The number of aromatic nitrogens is 1. The Morgan fingerprint density at radius 3 is 2.83 bits per heavy atom. The summed E-state index contributed by atoms with van der Waals surface area (Å²) in [4.78, 5) is 23.2. The molecule has 0 aromatic carbocycles. The van der Waals surface area contributed by atoms with Gasteiger partial charge in [0.15, 0.2) is 12.5 Å². The van der Waals surface area contributed by atoms with Gasteiger partial charge >= 0.3 is 5.82 Å². The van der Waals surface area contributed by atoms with Gasteiger partial charge in [0.2, 0.25) is 0 Å². The van der Waals surface area contributed by atoms with Crippen molar-refractivity contribution in [2.24, 2.45) is 0 Å². The number of carbonyl (C=O) groups excluding carboxylic acids is 1. The molecule has 1 rings (SSSR count). The molecule has 0 amide bonds. The maximum atomic E-state index is 10.3. The van der Waals surface area contributed by atoms with Crippen molar-refractivity contribution in [1.29, 1.82) is 0 Å². The van der Waals surface area contributed by atoms with Crippen molar-refractivity contribution in [3.8, 4) is 0 Å². The number of nitrogens with zero attached hydrogens (tertiary/aromatic N) is 2. The number of carbonyl (C=O) groups is 1. The minimum absolute atomic E-state index is 0.118. The molecule has 1 heterocycles. The first-order valence-electron chi connectivity index (χ1n) is 2.90. The van der Waals surface area contributed by atoms with Crippen molar-refractivity contribution >= 4 is 23.7 Å². The molecule has 62 valence electrons. The van der Waals surface area contributed by atoms with Gasteiger partial charge in [0.25, 0.3) is 0 Å². The van der Waals surface area contributed by atoms with Crippen LogP contribution in [0.4, 0.5) is 5.82 Å². The molecule has 0 saturated carbocycles. The summed E-state index contributed by atoms with van der Waals surface area (Å²) < 4.78 is 0. The fourth-order valence-electron chi connectivity index (χ4n) is 0.687. The SMILES string of the molecule is O=Cc1cc(Cl)cnc1[N+](=O)[O-]. The second kappa shape index (κ2) is 3.27. The standard InChI is InChI=1S/C6H3ClN2O3/c7-5-1-4(3-10)6(8-2-5)9(11)12/h1-3H. The Hall–Kier alpha value is -1.49. The van der Waals surface area contributed by atoms with Gasteiger partial charge in [0, 0.05) is 0 Å². The van der Waals surface area contributed by atoms with Gasteiger partial charge in [0.1, 0.15) is 5.56 Å². The van der Waals surface area contributed by atoms with Crippen LogP contribution >= 0.6 is 11.6 Å². The number of halogens is 1. The Morgan fingerprint density at radius 1 is 1.67 bits per heavy atom. The molecule has 0 aliphatic rings. The molecule has 12 heavy (non-hydrogen) atoms. The van der Waals surface area contributed by atoms with Crippen molar-refractivity contribution in [2.45, 2.75) is 0 Å². The van der Waals surface area contributed by atoms with E-state index in [4.69, 9.17) is 11.6 Å². The maximum absolute atomic E-state index is 10.3. The molecule has 0 bridgehead atoms. The van der Waals surface area contributed by atoms with Gasteiger partial charge in [-0.05, 0) is 16.0 Å². The van der Waals surface area contributed by atoms with Gasteiger partial charge in [-0.1, -0.05) is 11.6 Å². The highest BCUT2D eigenvalue weighted by Crippen LogP contribution is 2.16. The zero-order valence-electron chi connectivity index (χ0n) is 5.73. The monoisotopic (exact) mass is 186 g/mol. The third-order valence-electron chi connectivity index (χ3n) is 1.16. The minimum Gasteiger partial charge on any atom is -0.358 e. The zero-order chi connectivity index (χ0) is 9.14. The third-order valence-corrected chi connectivity index (χ3v) is 1.37. The van der Waals surface area contributed by atoms with Crippen molar-refractivity contribution in [3.63, 3.8) is 0 Å². The summed E-state index contributed by atoms with van der Waals surface area (Å²) in [6.45, 7) is 0. The van der Waals surface area contributed by atoms with Crippen molar-refractivity contribution in [1.82, 2.24) is 4.98 Å². The van der Waals surface area contributed by atoms with Crippen LogP contribution in [0.25, 0.3) is 0 Å². The number of nitro groups is 1. The molecule has 0 saturated heterocycles. The average Bonchev–Trinajstić information content (AvgIpc) is 2.03. The van der Waals surface area contributed by atoms with E-state index in [-0.39, 0.29) is 10.6 Å². The Kier molecular flexibility index (Phi) is 2.35. The van der Waals surface area contributed by atoms with Crippen molar-refractivity contribution in [2.75, 3.05) is 0 Å². The predicted octanol–water partition coefficient (Wildman–Crippen LogP) is 1.46. The lowest BCUT2D eigenvalue weighted by atomic mass is 10.3. The molecule has 0 atom stereocenters. The van der Waals surface area contributed by atoms with Crippen LogP contribution in [0.5, 0.6) is 0 Å². The number of pyridine rings is 1. The van der Waals surface area contributed by atoms with Crippen LogP contribution < -0.4 is 0 Å². The Morgan fingerprint density at radius 2 is 2.33 bits per heavy atom. The van der Waals surface area contributed by atoms with Gasteiger partial charge in [-0.15, -0.1) is 0 Å². The predicted molar refractivity (Wildman–Crippen MR) is 41.3 cm³/mol. The summed E-state index contributed by atoms with van der Waals surface area (Å²) in [6.07, 6.45) is 1.46. The first-order valence-corrected chi connectivity index (χ1v) is 3.28. The molecule has 0 spiro atoms. The van der Waals surface area contributed by atoms with Gasteiger partial charge < -0.3 is 10.1 Å². The Bertz CT molecular complexity index is 340. The lowest BCUT2D eigenvalue weighted by Crippen LogP contribution is -1.96. The second-order valence-electron chi connectivity index (χ2n) is 1.94. The summed E-state index contributed by atoms with van der Waals surface area (Å²) in [6, 6.07) is 1.19. The molecular weight excluding hydrogens is 184 g/mol. The lowest BCUT2D eigenvalue weighted by molar-refractivity contribution is -0.389. The quantitative estimate of drug-likeness (QED) is 0.398. The average molecular weight is 187 g/mol. The van der Waals surface area contributed by atoms with Crippen LogP contribution in [0.15, 0.2) is 12.3 Å². The molecule has 0 unspecified atom stereocenters. The van der Waals surface area contributed by atoms with E-state index in [1.165, 1.54) is 6.07 Å². The fraction of sp³-hybridized carbons (Fsp3) is 0. The molecule has 1 aromatic rings. The smallest absolute Gasteiger partial charge is 0.358 e. The molecule has 6 heteroatoms. The van der Waals surface area contributed by atoms with E-state index in [9.17, 15) is 14.9 Å². The first kappa shape index (κ1) is 8.61. The molecule has 5 nitrogen and oxygen atoms in total. The third kappa shape index (κ3) is 1.57. The van der Waals surface area contributed by atoms with E-state index < -0.39 is 10.7 Å². The summed E-state index contributed by atoms with van der Waals surface area (Å²) in [5.41, 5.74) is -0.118. The van der Waals surface area contributed by atoms with Crippen LogP contribution in [0.3, 0.4) is 0 Å². The van der Waals surface area contributed by atoms with Crippen LogP contribution in [0.1, 0.15) is 10.4 Å². The second-order valence-corrected chi connectivity index (χ2v) is 2.38. The highest BCUT2D eigenvalue weighted by atomic mass is 35.5. The largest absolute Gasteiger partial charge is 0.374 e. The molecular formula is C6H3ClN2O3.